The SMILES string of the molecule is CCC(C)(C)NC(=O)CNCc1nc(C)no1. The third-order valence-corrected chi connectivity index (χ3v) is 2.49. The maximum Gasteiger partial charge on any atom is 0.240 e. The molecule has 0 bridgehead atoms. The van der Waals surface area contributed by atoms with E-state index < -0.39 is 0 Å². The van der Waals surface area contributed by atoms with E-state index in [0.29, 0.717) is 18.3 Å². The lowest BCUT2D eigenvalue weighted by atomic mass is 10.0. The first-order valence-electron chi connectivity index (χ1n) is 5.74. The van der Waals surface area contributed by atoms with Gasteiger partial charge in [-0.05, 0) is 27.2 Å². The zero-order valence-electron chi connectivity index (χ0n) is 10.8. The first-order chi connectivity index (χ1) is 7.93. The predicted molar refractivity (Wildman–Crippen MR) is 63.3 cm³/mol. The number of hydrogen-bond donors (Lipinski definition) is 2. The number of aromatic nitrogens is 2. The van der Waals surface area contributed by atoms with Crippen LogP contribution in [0.2, 0.25) is 0 Å². The summed E-state index contributed by atoms with van der Waals surface area (Å²) in [6.07, 6.45) is 0.890. The molecule has 1 amide bonds. The summed E-state index contributed by atoms with van der Waals surface area (Å²) < 4.78 is 4.91. The molecule has 0 aliphatic rings. The van der Waals surface area contributed by atoms with Crippen molar-refractivity contribution in [3.63, 3.8) is 0 Å². The van der Waals surface area contributed by atoms with Crippen LogP contribution >= 0.6 is 0 Å². The van der Waals surface area contributed by atoms with Crippen molar-refractivity contribution in [2.75, 3.05) is 6.54 Å². The van der Waals surface area contributed by atoms with Crippen LogP contribution in [-0.4, -0.2) is 28.1 Å². The van der Waals surface area contributed by atoms with E-state index in [1.54, 1.807) is 6.92 Å². The molecule has 1 rings (SSSR count). The van der Waals surface area contributed by atoms with Gasteiger partial charge in [0.1, 0.15) is 0 Å². The maximum absolute atomic E-state index is 11.6. The van der Waals surface area contributed by atoms with Gasteiger partial charge in [0.25, 0.3) is 0 Å². The van der Waals surface area contributed by atoms with Crippen LogP contribution in [-0.2, 0) is 11.3 Å². The van der Waals surface area contributed by atoms with Gasteiger partial charge in [0.15, 0.2) is 5.82 Å². The van der Waals surface area contributed by atoms with Crippen LogP contribution in [0.4, 0.5) is 0 Å². The lowest BCUT2D eigenvalue weighted by Gasteiger charge is -2.24. The van der Waals surface area contributed by atoms with Crippen molar-refractivity contribution in [3.05, 3.63) is 11.7 Å². The molecular weight excluding hydrogens is 220 g/mol. The first-order valence-corrected chi connectivity index (χ1v) is 5.74. The summed E-state index contributed by atoms with van der Waals surface area (Å²) in [6.45, 7) is 8.42. The van der Waals surface area contributed by atoms with Gasteiger partial charge in [-0.15, -0.1) is 0 Å². The number of carbonyl (C=O) groups excluding carboxylic acids is 1. The molecule has 0 radical (unpaired) electrons. The van der Waals surface area contributed by atoms with Gasteiger partial charge < -0.3 is 9.84 Å². The number of nitrogens with zero attached hydrogens (tertiary/aromatic N) is 2. The number of nitrogens with one attached hydrogen (secondary N) is 2. The van der Waals surface area contributed by atoms with Crippen molar-refractivity contribution in [2.24, 2.45) is 0 Å². The summed E-state index contributed by atoms with van der Waals surface area (Å²) >= 11 is 0. The van der Waals surface area contributed by atoms with E-state index in [4.69, 9.17) is 4.52 Å². The van der Waals surface area contributed by atoms with Gasteiger partial charge in [-0.2, -0.15) is 4.98 Å². The Morgan fingerprint density at radius 1 is 1.47 bits per heavy atom. The Labute approximate surface area is 101 Å². The van der Waals surface area contributed by atoms with E-state index in [2.05, 4.69) is 20.8 Å². The lowest BCUT2D eigenvalue weighted by molar-refractivity contribution is -0.121. The van der Waals surface area contributed by atoms with Crippen molar-refractivity contribution in [3.8, 4) is 0 Å². The molecule has 0 atom stereocenters. The molecule has 0 spiro atoms. The number of hydrogen-bond acceptors (Lipinski definition) is 5. The van der Waals surface area contributed by atoms with E-state index >= 15 is 0 Å². The third kappa shape index (κ3) is 4.95. The van der Waals surface area contributed by atoms with E-state index in [1.807, 2.05) is 20.8 Å². The molecule has 1 aromatic heterocycles. The zero-order valence-corrected chi connectivity index (χ0v) is 10.8. The second kappa shape index (κ2) is 5.77. The van der Waals surface area contributed by atoms with Gasteiger partial charge in [0.05, 0.1) is 13.1 Å². The number of aryl methyl sites for hydroxylation is 1. The fourth-order valence-electron chi connectivity index (χ4n) is 1.20. The van der Waals surface area contributed by atoms with E-state index in [1.165, 1.54) is 0 Å². The molecular formula is C11H20N4O2. The van der Waals surface area contributed by atoms with Crippen LogP contribution in [0.3, 0.4) is 0 Å². The molecule has 0 unspecified atom stereocenters. The van der Waals surface area contributed by atoms with Gasteiger partial charge in [-0.25, -0.2) is 0 Å². The molecule has 6 nitrogen and oxygen atoms in total. The van der Waals surface area contributed by atoms with Gasteiger partial charge in [-0.1, -0.05) is 12.1 Å². The van der Waals surface area contributed by atoms with Crippen LogP contribution in [0, 0.1) is 6.92 Å². The number of carbonyl (C=O) groups is 1. The Hall–Kier alpha value is -1.43. The van der Waals surface area contributed by atoms with Crippen LogP contribution in [0.5, 0.6) is 0 Å². The highest BCUT2D eigenvalue weighted by atomic mass is 16.5. The maximum atomic E-state index is 11.6. The third-order valence-electron chi connectivity index (χ3n) is 2.49. The van der Waals surface area contributed by atoms with Gasteiger partial charge >= 0.3 is 0 Å². The molecule has 1 aromatic rings. The Bertz CT molecular complexity index is 373. The normalized spacial score (nSPS) is 11.5. The molecule has 17 heavy (non-hydrogen) atoms. The highest BCUT2D eigenvalue weighted by Gasteiger charge is 2.17. The van der Waals surface area contributed by atoms with Crippen molar-refractivity contribution in [1.82, 2.24) is 20.8 Å². The quantitative estimate of drug-likeness (QED) is 0.767. The topological polar surface area (TPSA) is 80.0 Å². The molecule has 0 saturated heterocycles. The molecule has 96 valence electrons. The smallest absolute Gasteiger partial charge is 0.240 e. The minimum atomic E-state index is -0.167. The van der Waals surface area contributed by atoms with Gasteiger partial charge in [0.2, 0.25) is 11.8 Å². The second-order valence-corrected chi connectivity index (χ2v) is 4.62. The van der Waals surface area contributed by atoms with E-state index in [9.17, 15) is 4.79 Å². The molecule has 0 aliphatic carbocycles. The Morgan fingerprint density at radius 3 is 2.71 bits per heavy atom. The number of rotatable bonds is 6. The number of amides is 1. The summed E-state index contributed by atoms with van der Waals surface area (Å²) in [6, 6.07) is 0. The summed E-state index contributed by atoms with van der Waals surface area (Å²) in [5, 5.41) is 9.54. The highest BCUT2D eigenvalue weighted by molar-refractivity contribution is 5.78. The van der Waals surface area contributed by atoms with Crippen LogP contribution in [0.25, 0.3) is 0 Å². The average molecular weight is 240 g/mol. The van der Waals surface area contributed by atoms with Crippen LogP contribution < -0.4 is 10.6 Å². The van der Waals surface area contributed by atoms with E-state index in [-0.39, 0.29) is 18.0 Å². The fourth-order valence-corrected chi connectivity index (χ4v) is 1.20. The highest BCUT2D eigenvalue weighted by Crippen LogP contribution is 2.05. The standard InChI is InChI=1S/C11H20N4O2/c1-5-11(3,4)14-9(16)6-12-7-10-13-8(2)15-17-10/h12H,5-7H2,1-4H3,(H,14,16). The largest absolute Gasteiger partial charge is 0.350 e. The van der Waals surface area contributed by atoms with E-state index in [0.717, 1.165) is 6.42 Å². The molecule has 6 heteroatoms. The molecule has 2 N–H and O–H groups in total. The molecule has 0 fully saturated rings. The molecule has 0 saturated carbocycles. The summed E-state index contributed by atoms with van der Waals surface area (Å²) in [5.74, 6) is 1.05. The second-order valence-electron chi connectivity index (χ2n) is 4.62. The first kappa shape index (κ1) is 13.6. The van der Waals surface area contributed by atoms with Crippen molar-refractivity contribution >= 4 is 5.91 Å². The van der Waals surface area contributed by atoms with Gasteiger partial charge in [-0.3, -0.25) is 10.1 Å². The predicted octanol–water partition coefficient (Wildman–Crippen LogP) is 0.772. The summed E-state index contributed by atoms with van der Waals surface area (Å²) in [5.41, 5.74) is -0.167. The Balaban J connectivity index is 2.25. The summed E-state index contributed by atoms with van der Waals surface area (Å²) in [7, 11) is 0. The molecule has 0 aliphatic heterocycles. The lowest BCUT2D eigenvalue weighted by Crippen LogP contribution is -2.46. The minimum Gasteiger partial charge on any atom is -0.350 e. The minimum absolute atomic E-state index is 0.0342. The monoisotopic (exact) mass is 240 g/mol. The van der Waals surface area contributed by atoms with Crippen molar-refractivity contribution in [1.29, 1.82) is 0 Å². The fraction of sp³-hybridized carbons (Fsp3) is 0.727. The Morgan fingerprint density at radius 2 is 2.18 bits per heavy atom. The Kier molecular flexibility index (Phi) is 4.62. The van der Waals surface area contributed by atoms with Crippen LogP contribution in [0.15, 0.2) is 4.52 Å². The van der Waals surface area contributed by atoms with Gasteiger partial charge in [0, 0.05) is 5.54 Å². The molecule has 0 aromatic carbocycles. The van der Waals surface area contributed by atoms with Crippen LogP contribution in [0.1, 0.15) is 38.9 Å². The zero-order chi connectivity index (χ0) is 12.9. The molecule has 1 heterocycles. The average Bonchev–Trinajstić information content (AvgIpc) is 2.63. The summed E-state index contributed by atoms with van der Waals surface area (Å²) in [4.78, 5) is 15.6. The van der Waals surface area contributed by atoms with Crippen molar-refractivity contribution in [2.45, 2.75) is 46.2 Å². The van der Waals surface area contributed by atoms with Crippen molar-refractivity contribution < 1.29 is 9.32 Å².